The van der Waals surface area contributed by atoms with E-state index in [0.717, 1.165) is 51.8 Å². The summed E-state index contributed by atoms with van der Waals surface area (Å²) in [5, 5.41) is 24.5. The lowest BCUT2D eigenvalue weighted by atomic mass is 9.43. The zero-order valence-corrected chi connectivity index (χ0v) is 21.5. The van der Waals surface area contributed by atoms with Crippen LogP contribution in [0.25, 0.3) is 0 Å². The van der Waals surface area contributed by atoms with Gasteiger partial charge in [0.25, 0.3) is 0 Å². The molecule has 0 radical (unpaired) electrons. The van der Waals surface area contributed by atoms with E-state index in [9.17, 15) is 10.2 Å². The van der Waals surface area contributed by atoms with Gasteiger partial charge in [0.05, 0.1) is 18.3 Å². The fourth-order valence-corrected chi connectivity index (χ4v) is 8.78. The normalized spacial score (nSPS) is 46.2. The minimum atomic E-state index is -0.487. The van der Waals surface area contributed by atoms with E-state index in [-0.39, 0.29) is 11.5 Å². The molecule has 0 amide bonds. The summed E-state index contributed by atoms with van der Waals surface area (Å²) in [7, 11) is 6.20. The molecule has 0 heterocycles. The minimum absolute atomic E-state index is 0.0654. The van der Waals surface area contributed by atoms with E-state index in [4.69, 9.17) is 4.84 Å². The summed E-state index contributed by atoms with van der Waals surface area (Å²) in [6, 6.07) is 0. The first-order valence-corrected chi connectivity index (χ1v) is 13.5. The monoisotopic (exact) mass is 450 g/mol. The van der Waals surface area contributed by atoms with Crippen LogP contribution in [0.5, 0.6) is 0 Å². The van der Waals surface area contributed by atoms with Crippen molar-refractivity contribution in [1.29, 1.82) is 0 Å². The standard InChI is InChI=1S/C27H50N2O3/c1-25-13-11-22(30)19-21(25)8-9-24-23(25)12-14-26(2)20(10-15-27(24,26)31)7-6-16-29(5)32-18-17-28(3)4/h20-24,30-31H,6-19H2,1-5H3/t20-,21+,22-,23-,24+,25-,26+,27-/m0/s1. The molecule has 0 unspecified atom stereocenters. The Bertz CT molecular complexity index is 644. The number of hydrogen-bond donors (Lipinski definition) is 2. The largest absolute Gasteiger partial charge is 0.393 e. The number of hydrogen-bond acceptors (Lipinski definition) is 5. The number of aliphatic hydroxyl groups excluding tert-OH is 1. The summed E-state index contributed by atoms with van der Waals surface area (Å²) in [5.41, 5.74) is -0.0987. The van der Waals surface area contributed by atoms with E-state index in [0.29, 0.717) is 29.1 Å². The van der Waals surface area contributed by atoms with Gasteiger partial charge < -0.3 is 15.1 Å². The van der Waals surface area contributed by atoms with Gasteiger partial charge in [-0.3, -0.25) is 4.84 Å². The molecule has 0 bridgehead atoms. The first kappa shape index (κ1) is 24.9. The van der Waals surface area contributed by atoms with Crippen molar-refractivity contribution in [3.8, 4) is 0 Å². The Kier molecular flexibility index (Phi) is 7.36. The summed E-state index contributed by atoms with van der Waals surface area (Å²) >= 11 is 0. The van der Waals surface area contributed by atoms with E-state index in [1.807, 2.05) is 12.1 Å². The molecule has 2 N–H and O–H groups in total. The van der Waals surface area contributed by atoms with Crippen molar-refractivity contribution in [1.82, 2.24) is 9.96 Å². The van der Waals surface area contributed by atoms with E-state index < -0.39 is 5.60 Å². The summed E-state index contributed by atoms with van der Waals surface area (Å²) < 4.78 is 0. The van der Waals surface area contributed by atoms with E-state index in [1.165, 1.54) is 38.5 Å². The van der Waals surface area contributed by atoms with Crippen molar-refractivity contribution in [2.45, 2.75) is 96.2 Å². The maximum atomic E-state index is 12.3. The van der Waals surface area contributed by atoms with Crippen molar-refractivity contribution in [3.05, 3.63) is 0 Å². The molecular formula is C27H50N2O3. The van der Waals surface area contributed by atoms with Crippen LogP contribution in [-0.2, 0) is 4.84 Å². The number of nitrogens with zero attached hydrogens (tertiary/aromatic N) is 2. The zero-order valence-electron chi connectivity index (χ0n) is 21.5. The van der Waals surface area contributed by atoms with Gasteiger partial charge in [0.2, 0.25) is 0 Å². The molecule has 0 saturated heterocycles. The predicted molar refractivity (Wildman–Crippen MR) is 129 cm³/mol. The van der Waals surface area contributed by atoms with Crippen LogP contribution in [0.3, 0.4) is 0 Å². The molecule has 4 fully saturated rings. The van der Waals surface area contributed by atoms with Gasteiger partial charge >= 0.3 is 0 Å². The van der Waals surface area contributed by atoms with Gasteiger partial charge in [0.15, 0.2) is 0 Å². The predicted octanol–water partition coefficient (Wildman–Crippen LogP) is 4.33. The van der Waals surface area contributed by atoms with Gasteiger partial charge in [-0.15, -0.1) is 0 Å². The molecular weight excluding hydrogens is 400 g/mol. The molecule has 0 aliphatic heterocycles. The Balaban J connectivity index is 1.36. The van der Waals surface area contributed by atoms with Crippen LogP contribution >= 0.6 is 0 Å². The fourth-order valence-electron chi connectivity index (χ4n) is 8.78. The van der Waals surface area contributed by atoms with Crippen LogP contribution in [0.4, 0.5) is 0 Å². The minimum Gasteiger partial charge on any atom is -0.393 e. The van der Waals surface area contributed by atoms with Gasteiger partial charge in [-0.1, -0.05) is 13.8 Å². The quantitative estimate of drug-likeness (QED) is 0.539. The third kappa shape index (κ3) is 4.30. The van der Waals surface area contributed by atoms with Crippen LogP contribution < -0.4 is 0 Å². The summed E-state index contributed by atoms with van der Waals surface area (Å²) in [6.07, 6.45) is 12.3. The highest BCUT2D eigenvalue weighted by Crippen LogP contribution is 2.69. The van der Waals surface area contributed by atoms with E-state index in [1.54, 1.807) is 0 Å². The third-order valence-corrected chi connectivity index (χ3v) is 10.9. The average Bonchev–Trinajstić information content (AvgIpc) is 2.99. The maximum absolute atomic E-state index is 12.3. The molecule has 32 heavy (non-hydrogen) atoms. The first-order chi connectivity index (χ1) is 15.1. The summed E-state index contributed by atoms with van der Waals surface area (Å²) in [6.45, 7) is 7.58. The Morgan fingerprint density at radius 3 is 2.44 bits per heavy atom. The van der Waals surface area contributed by atoms with Crippen LogP contribution in [-0.4, -0.2) is 72.7 Å². The maximum Gasteiger partial charge on any atom is 0.0811 e. The molecule has 4 aliphatic rings. The number of fused-ring (bicyclic) bond motifs is 5. The van der Waals surface area contributed by atoms with Crippen molar-refractivity contribution in [2.75, 3.05) is 40.8 Å². The Morgan fingerprint density at radius 1 is 0.906 bits per heavy atom. The van der Waals surface area contributed by atoms with Crippen molar-refractivity contribution in [2.24, 2.45) is 34.5 Å². The topological polar surface area (TPSA) is 56.2 Å². The molecule has 0 aromatic rings. The van der Waals surface area contributed by atoms with E-state index in [2.05, 4.69) is 32.8 Å². The highest BCUT2D eigenvalue weighted by molar-refractivity contribution is 5.16. The molecule has 4 aliphatic carbocycles. The number of hydroxylamine groups is 2. The van der Waals surface area contributed by atoms with Gasteiger partial charge in [-0.05, 0) is 119 Å². The summed E-state index contributed by atoms with van der Waals surface area (Å²) in [4.78, 5) is 7.98. The highest BCUT2D eigenvalue weighted by Gasteiger charge is 2.66. The molecule has 5 heteroatoms. The Labute approximate surface area is 196 Å². The highest BCUT2D eigenvalue weighted by atomic mass is 16.7. The van der Waals surface area contributed by atoms with Crippen molar-refractivity contribution >= 4 is 0 Å². The second-order valence-electron chi connectivity index (χ2n) is 12.7. The Morgan fingerprint density at radius 2 is 1.69 bits per heavy atom. The fraction of sp³-hybridized carbons (Fsp3) is 1.00. The van der Waals surface area contributed by atoms with Gasteiger partial charge in [-0.25, -0.2) is 0 Å². The zero-order chi connectivity index (χ0) is 23.1. The first-order valence-electron chi connectivity index (χ1n) is 13.5. The number of rotatable bonds is 8. The molecule has 0 spiro atoms. The average molecular weight is 451 g/mol. The van der Waals surface area contributed by atoms with Gasteiger partial charge in [-0.2, -0.15) is 5.06 Å². The molecule has 5 nitrogen and oxygen atoms in total. The van der Waals surface area contributed by atoms with Crippen LogP contribution in [0, 0.1) is 34.5 Å². The second kappa shape index (κ2) is 9.45. The molecule has 8 atom stereocenters. The molecule has 4 rings (SSSR count). The van der Waals surface area contributed by atoms with Crippen molar-refractivity contribution < 1.29 is 15.1 Å². The van der Waals surface area contributed by atoms with Crippen molar-refractivity contribution in [3.63, 3.8) is 0 Å². The summed E-state index contributed by atoms with van der Waals surface area (Å²) in [5.74, 6) is 2.38. The number of likely N-dealkylation sites (N-methyl/N-ethyl adjacent to an activating group) is 1. The lowest BCUT2D eigenvalue weighted by molar-refractivity contribution is -0.210. The SMILES string of the molecule is CN(C)CCON(C)CCC[C@H]1CC[C@]2(O)[C@@H]3CC[C@@H]4C[C@@H](O)CC[C@]4(C)[C@H]3CC[C@]12C. The second-order valence-corrected chi connectivity index (χ2v) is 12.7. The van der Waals surface area contributed by atoms with Crippen LogP contribution in [0.2, 0.25) is 0 Å². The third-order valence-electron chi connectivity index (χ3n) is 10.9. The van der Waals surface area contributed by atoms with Crippen LogP contribution in [0.15, 0.2) is 0 Å². The number of aliphatic hydroxyl groups is 2. The van der Waals surface area contributed by atoms with Gasteiger partial charge in [0.1, 0.15) is 0 Å². The molecule has 0 aromatic carbocycles. The molecule has 4 saturated carbocycles. The molecule has 186 valence electrons. The lowest BCUT2D eigenvalue weighted by Gasteiger charge is -2.63. The smallest absolute Gasteiger partial charge is 0.0811 e. The molecule has 0 aromatic heterocycles. The van der Waals surface area contributed by atoms with Gasteiger partial charge in [0, 0.05) is 20.1 Å². The van der Waals surface area contributed by atoms with E-state index >= 15 is 0 Å². The Hall–Kier alpha value is -0.200. The lowest BCUT2D eigenvalue weighted by Crippen LogP contribution is -2.62. The van der Waals surface area contributed by atoms with Crippen LogP contribution in [0.1, 0.15) is 84.5 Å².